The van der Waals surface area contributed by atoms with E-state index in [-0.39, 0.29) is 11.7 Å². The molecular weight excluding hydrogens is 460 g/mol. The maximum Gasteiger partial charge on any atom is 0.237 e. The fourth-order valence-electron chi connectivity index (χ4n) is 4.02. The third-order valence-corrected chi connectivity index (χ3v) is 7.46. The van der Waals surface area contributed by atoms with Crippen LogP contribution in [-0.4, -0.2) is 33.0 Å². The summed E-state index contributed by atoms with van der Waals surface area (Å²) in [5.41, 5.74) is 2.11. The van der Waals surface area contributed by atoms with Gasteiger partial charge in [-0.3, -0.25) is 9.36 Å². The van der Waals surface area contributed by atoms with Crippen LogP contribution < -0.4 is 4.90 Å². The maximum atomic E-state index is 13.3. The molecule has 7 heteroatoms. The molecule has 3 aromatic carbocycles. The zero-order valence-corrected chi connectivity index (χ0v) is 20.4. The Kier molecular flexibility index (Phi) is 6.74. The molecule has 0 saturated carbocycles. The molecule has 2 aromatic heterocycles. The molecule has 34 heavy (non-hydrogen) atoms. The Morgan fingerprint density at radius 3 is 2.53 bits per heavy atom. The summed E-state index contributed by atoms with van der Waals surface area (Å²) in [7, 11) is 0. The van der Waals surface area contributed by atoms with E-state index in [9.17, 15) is 4.79 Å². The van der Waals surface area contributed by atoms with E-state index in [4.69, 9.17) is 0 Å². The summed E-state index contributed by atoms with van der Waals surface area (Å²) in [4.78, 5) is 16.3. The van der Waals surface area contributed by atoms with Crippen molar-refractivity contribution in [2.45, 2.75) is 18.6 Å². The second-order valence-corrected chi connectivity index (χ2v) is 9.67. The molecule has 0 aliphatic rings. The fourth-order valence-corrected chi connectivity index (χ4v) is 5.55. The predicted molar refractivity (Wildman–Crippen MR) is 142 cm³/mol. The van der Waals surface area contributed by atoms with E-state index < -0.39 is 0 Å². The molecule has 0 radical (unpaired) electrons. The summed E-state index contributed by atoms with van der Waals surface area (Å²) >= 11 is 3.08. The first-order valence-electron chi connectivity index (χ1n) is 11.2. The third-order valence-electron chi connectivity index (χ3n) is 5.64. The number of aromatic nitrogens is 3. The molecule has 0 unspecified atom stereocenters. The van der Waals surface area contributed by atoms with Crippen molar-refractivity contribution in [2.75, 3.05) is 17.2 Å². The van der Waals surface area contributed by atoms with Crippen LogP contribution in [0.1, 0.15) is 12.5 Å². The number of fused-ring (bicyclic) bond motifs is 1. The van der Waals surface area contributed by atoms with E-state index in [2.05, 4.69) is 51.2 Å². The number of rotatable bonds is 8. The van der Waals surface area contributed by atoms with Gasteiger partial charge < -0.3 is 4.90 Å². The van der Waals surface area contributed by atoms with Gasteiger partial charge in [0, 0.05) is 11.9 Å². The van der Waals surface area contributed by atoms with Gasteiger partial charge in [-0.15, -0.1) is 21.5 Å². The highest BCUT2D eigenvalue weighted by molar-refractivity contribution is 7.99. The van der Waals surface area contributed by atoms with Crippen LogP contribution in [0.25, 0.3) is 21.5 Å². The van der Waals surface area contributed by atoms with Gasteiger partial charge in [0.05, 0.1) is 22.9 Å². The lowest BCUT2D eigenvalue weighted by Crippen LogP contribution is -2.32. The molecule has 0 saturated heterocycles. The largest absolute Gasteiger partial charge is 0.311 e. The number of amides is 1. The molecule has 0 bridgehead atoms. The molecule has 5 nitrogen and oxygen atoms in total. The summed E-state index contributed by atoms with van der Waals surface area (Å²) < 4.78 is 2.10. The summed E-state index contributed by atoms with van der Waals surface area (Å²) in [6, 6.07) is 28.6. The summed E-state index contributed by atoms with van der Waals surface area (Å²) in [5.74, 6) is 1.17. The number of thioether (sulfide) groups is 1. The van der Waals surface area contributed by atoms with Crippen molar-refractivity contribution in [1.82, 2.24) is 14.8 Å². The quantitative estimate of drug-likeness (QED) is 0.241. The Morgan fingerprint density at radius 1 is 0.941 bits per heavy atom. The minimum Gasteiger partial charge on any atom is -0.311 e. The second-order valence-electron chi connectivity index (χ2n) is 7.78. The molecular formula is C27H24N4OS2. The van der Waals surface area contributed by atoms with Gasteiger partial charge in [-0.2, -0.15) is 0 Å². The van der Waals surface area contributed by atoms with Gasteiger partial charge in [-0.25, -0.2) is 0 Å². The van der Waals surface area contributed by atoms with Crippen LogP contribution in [0.2, 0.25) is 0 Å². The minimum atomic E-state index is 0.0517. The number of carbonyl (C=O) groups excluding carboxylic acids is 1. The smallest absolute Gasteiger partial charge is 0.237 e. The Balaban J connectivity index is 1.40. The zero-order chi connectivity index (χ0) is 23.3. The summed E-state index contributed by atoms with van der Waals surface area (Å²) in [6.45, 7) is 3.26. The van der Waals surface area contributed by atoms with E-state index >= 15 is 0 Å². The summed E-state index contributed by atoms with van der Waals surface area (Å²) in [6.07, 6.45) is 0. The van der Waals surface area contributed by atoms with Gasteiger partial charge >= 0.3 is 0 Å². The number of nitrogens with zero attached hydrogens (tertiary/aromatic N) is 4. The van der Waals surface area contributed by atoms with Crippen LogP contribution in [0.15, 0.2) is 95.5 Å². The lowest BCUT2D eigenvalue weighted by molar-refractivity contribution is -0.116. The number of carbonyl (C=O) groups is 1. The van der Waals surface area contributed by atoms with Gasteiger partial charge in [0.15, 0.2) is 11.0 Å². The number of thiophene rings is 1. The Labute approximate surface area is 207 Å². The van der Waals surface area contributed by atoms with Gasteiger partial charge in [-0.05, 0) is 35.4 Å². The van der Waals surface area contributed by atoms with Crippen molar-refractivity contribution in [3.63, 3.8) is 0 Å². The number of anilines is 1. The predicted octanol–water partition coefficient (Wildman–Crippen LogP) is 6.35. The van der Waals surface area contributed by atoms with Crippen LogP contribution in [0.3, 0.4) is 0 Å². The zero-order valence-electron chi connectivity index (χ0n) is 18.8. The Morgan fingerprint density at radius 2 is 1.74 bits per heavy atom. The number of hydrogen-bond acceptors (Lipinski definition) is 5. The van der Waals surface area contributed by atoms with Crippen LogP contribution in [-0.2, 0) is 11.3 Å². The van der Waals surface area contributed by atoms with Crippen LogP contribution in [0.5, 0.6) is 0 Å². The number of hydrogen-bond donors (Lipinski definition) is 0. The molecule has 1 amide bonds. The molecule has 5 rings (SSSR count). The topological polar surface area (TPSA) is 51.0 Å². The van der Waals surface area contributed by atoms with Gasteiger partial charge in [0.25, 0.3) is 0 Å². The molecule has 0 atom stereocenters. The molecule has 2 heterocycles. The highest BCUT2D eigenvalue weighted by atomic mass is 32.2. The second kappa shape index (κ2) is 10.2. The van der Waals surface area contributed by atoms with Crippen molar-refractivity contribution < 1.29 is 4.79 Å². The standard InChI is InChI=1S/C27H24N4OS2/c1-2-30(23-15-8-13-21-12-6-7-14-22(21)23)25(32)19-34-27-29-28-26(24-16-9-17-33-24)31(27)18-20-10-4-3-5-11-20/h3-17H,2,18-19H2,1H3. The fraction of sp³-hybridized carbons (Fsp3) is 0.148. The lowest BCUT2D eigenvalue weighted by atomic mass is 10.1. The van der Waals surface area contributed by atoms with Crippen molar-refractivity contribution >= 4 is 45.5 Å². The SMILES string of the molecule is CCN(C(=O)CSc1nnc(-c2cccs2)n1Cc1ccccc1)c1cccc2ccccc12. The lowest BCUT2D eigenvalue weighted by Gasteiger charge is -2.22. The monoisotopic (exact) mass is 484 g/mol. The van der Waals surface area contributed by atoms with E-state index in [0.717, 1.165) is 32.3 Å². The molecule has 5 aromatic rings. The Hall–Kier alpha value is -3.42. The van der Waals surface area contributed by atoms with Crippen LogP contribution in [0, 0.1) is 0 Å². The first-order valence-corrected chi connectivity index (χ1v) is 13.0. The van der Waals surface area contributed by atoms with Crippen molar-refractivity contribution in [3.8, 4) is 10.7 Å². The van der Waals surface area contributed by atoms with Crippen LogP contribution in [0.4, 0.5) is 5.69 Å². The van der Waals surface area contributed by atoms with E-state index in [1.807, 2.05) is 65.7 Å². The molecule has 170 valence electrons. The van der Waals surface area contributed by atoms with E-state index in [1.54, 1.807) is 11.3 Å². The molecule has 0 spiro atoms. The normalized spacial score (nSPS) is 11.1. The molecule has 0 fully saturated rings. The molecule has 0 N–H and O–H groups in total. The average molecular weight is 485 g/mol. The van der Waals surface area contributed by atoms with Crippen molar-refractivity contribution in [2.24, 2.45) is 0 Å². The van der Waals surface area contributed by atoms with E-state index in [0.29, 0.717) is 13.1 Å². The summed E-state index contributed by atoms with van der Waals surface area (Å²) in [5, 5.41) is 13.9. The highest BCUT2D eigenvalue weighted by Gasteiger charge is 2.20. The maximum absolute atomic E-state index is 13.3. The van der Waals surface area contributed by atoms with Crippen molar-refractivity contribution in [3.05, 3.63) is 95.9 Å². The average Bonchev–Trinajstić information content (AvgIpc) is 3.54. The van der Waals surface area contributed by atoms with E-state index in [1.165, 1.54) is 17.3 Å². The third kappa shape index (κ3) is 4.62. The Bertz CT molecular complexity index is 1390. The van der Waals surface area contributed by atoms with Crippen LogP contribution >= 0.6 is 23.1 Å². The van der Waals surface area contributed by atoms with Gasteiger partial charge in [0.2, 0.25) is 5.91 Å². The molecule has 0 aliphatic heterocycles. The van der Waals surface area contributed by atoms with Gasteiger partial charge in [0.1, 0.15) is 0 Å². The first kappa shape index (κ1) is 22.4. The number of benzene rings is 3. The highest BCUT2D eigenvalue weighted by Crippen LogP contribution is 2.30. The first-order chi connectivity index (χ1) is 16.7. The molecule has 0 aliphatic carbocycles. The van der Waals surface area contributed by atoms with Crippen molar-refractivity contribution in [1.29, 1.82) is 0 Å². The minimum absolute atomic E-state index is 0.0517. The van der Waals surface area contributed by atoms with Gasteiger partial charge in [-0.1, -0.05) is 84.6 Å².